The Morgan fingerprint density at radius 1 is 0.885 bits per heavy atom. The fraction of sp³-hybridized carbons (Fsp3) is 0.100. The second-order valence-electron chi connectivity index (χ2n) is 5.83. The van der Waals surface area contributed by atoms with Gasteiger partial charge in [-0.15, -0.1) is 0 Å². The third-order valence-corrected chi connectivity index (χ3v) is 4.32. The Balaban J connectivity index is 1.98. The smallest absolute Gasteiger partial charge is 0.184 e. The number of anilines is 1. The van der Waals surface area contributed by atoms with Gasteiger partial charge in [-0.3, -0.25) is 5.10 Å². The predicted octanol–water partition coefficient (Wildman–Crippen LogP) is 3.89. The van der Waals surface area contributed by atoms with Crippen molar-refractivity contribution in [1.82, 2.24) is 15.2 Å². The van der Waals surface area contributed by atoms with E-state index in [2.05, 4.69) is 15.2 Å². The van der Waals surface area contributed by atoms with Gasteiger partial charge in [0.05, 0.1) is 25.3 Å². The van der Waals surface area contributed by atoms with E-state index in [1.54, 1.807) is 14.2 Å². The number of nitrogens with two attached hydrogens (primary N) is 1. The highest BCUT2D eigenvalue weighted by Gasteiger charge is 2.16. The van der Waals surface area contributed by atoms with Crippen LogP contribution in [0.5, 0.6) is 11.5 Å². The third-order valence-electron chi connectivity index (χ3n) is 4.32. The summed E-state index contributed by atoms with van der Waals surface area (Å²) in [6.07, 6.45) is 0. The second-order valence-corrected chi connectivity index (χ2v) is 5.83. The molecule has 0 aliphatic carbocycles. The molecule has 4 aromatic rings. The van der Waals surface area contributed by atoms with Gasteiger partial charge < -0.3 is 15.2 Å². The molecule has 0 spiro atoms. The first-order valence-electron chi connectivity index (χ1n) is 8.13. The van der Waals surface area contributed by atoms with Crippen LogP contribution in [0.15, 0.2) is 54.6 Å². The molecule has 2 aromatic heterocycles. The number of nitrogens with zero attached hydrogens (tertiary/aromatic N) is 2. The molecule has 3 N–H and O–H groups in total. The lowest BCUT2D eigenvalue weighted by molar-refractivity contribution is 0.355. The second kappa shape index (κ2) is 6.40. The molecule has 0 bridgehead atoms. The molecular weight excluding hydrogens is 328 g/mol. The van der Waals surface area contributed by atoms with Crippen LogP contribution in [0.1, 0.15) is 0 Å². The molecule has 0 atom stereocenters. The molecular formula is C20H18N4O2. The zero-order valence-corrected chi connectivity index (χ0v) is 14.5. The number of hydrogen-bond donors (Lipinski definition) is 2. The molecule has 6 heteroatoms. The Kier molecular flexibility index (Phi) is 3.93. The van der Waals surface area contributed by atoms with Crippen LogP contribution in [0.4, 0.5) is 5.82 Å². The number of nitrogen functional groups attached to an aromatic ring is 1. The molecule has 2 heterocycles. The van der Waals surface area contributed by atoms with Crippen LogP contribution in [0.25, 0.3) is 33.4 Å². The first-order chi connectivity index (χ1) is 12.7. The summed E-state index contributed by atoms with van der Waals surface area (Å²) in [7, 11) is 3.23. The van der Waals surface area contributed by atoms with Gasteiger partial charge in [-0.25, -0.2) is 4.98 Å². The predicted molar refractivity (Wildman–Crippen MR) is 102 cm³/mol. The molecule has 0 aliphatic heterocycles. The molecule has 0 saturated heterocycles. The average Bonchev–Trinajstić information content (AvgIpc) is 3.08. The zero-order chi connectivity index (χ0) is 18.1. The topological polar surface area (TPSA) is 86.1 Å². The van der Waals surface area contributed by atoms with Gasteiger partial charge in [0.2, 0.25) is 0 Å². The molecule has 6 nitrogen and oxygen atoms in total. The maximum atomic E-state index is 6.12. The van der Waals surface area contributed by atoms with Crippen molar-refractivity contribution in [1.29, 1.82) is 0 Å². The van der Waals surface area contributed by atoms with Crippen molar-refractivity contribution in [2.75, 3.05) is 20.0 Å². The van der Waals surface area contributed by atoms with Gasteiger partial charge in [-0.2, -0.15) is 5.10 Å². The van der Waals surface area contributed by atoms with E-state index in [9.17, 15) is 0 Å². The van der Waals surface area contributed by atoms with E-state index in [1.165, 1.54) is 0 Å². The summed E-state index contributed by atoms with van der Waals surface area (Å²) in [5.74, 6) is 1.81. The summed E-state index contributed by atoms with van der Waals surface area (Å²) in [6, 6.07) is 17.8. The number of H-pyrrole nitrogens is 1. The van der Waals surface area contributed by atoms with E-state index < -0.39 is 0 Å². The van der Waals surface area contributed by atoms with Gasteiger partial charge in [0.25, 0.3) is 0 Å². The maximum absolute atomic E-state index is 6.12. The molecule has 4 rings (SSSR count). The van der Waals surface area contributed by atoms with Crippen molar-refractivity contribution >= 4 is 16.9 Å². The molecule has 2 aromatic carbocycles. The zero-order valence-electron chi connectivity index (χ0n) is 14.5. The Morgan fingerprint density at radius 3 is 2.38 bits per heavy atom. The molecule has 0 aliphatic rings. The number of fused-ring (bicyclic) bond motifs is 1. The number of ether oxygens (including phenoxy) is 2. The van der Waals surface area contributed by atoms with Crippen LogP contribution in [-0.2, 0) is 0 Å². The van der Waals surface area contributed by atoms with Gasteiger partial charge >= 0.3 is 0 Å². The van der Waals surface area contributed by atoms with Crippen molar-refractivity contribution in [3.05, 3.63) is 54.6 Å². The molecule has 0 saturated carbocycles. The number of methoxy groups -OCH3 is 2. The van der Waals surface area contributed by atoms with Crippen molar-refractivity contribution in [3.63, 3.8) is 0 Å². The highest BCUT2D eigenvalue weighted by Crippen LogP contribution is 2.38. The number of aromatic nitrogens is 3. The minimum absolute atomic E-state index is 0.483. The van der Waals surface area contributed by atoms with E-state index in [4.69, 9.17) is 15.2 Å². The Labute approximate surface area is 150 Å². The molecule has 0 amide bonds. The molecule has 0 fully saturated rings. The van der Waals surface area contributed by atoms with E-state index in [0.29, 0.717) is 23.0 Å². The third kappa shape index (κ3) is 2.61. The lowest BCUT2D eigenvalue weighted by Gasteiger charge is -2.12. The van der Waals surface area contributed by atoms with Gasteiger partial charge in [-0.05, 0) is 29.3 Å². The standard InChI is InChI=1S/C20H18N4O2/c1-25-16-9-8-13(10-17(16)26-2)14-11-15(12-6-4-3-5-7-12)22-20-18(14)19(21)23-24-20/h3-11H,1-2H3,(H3,21,22,23,24). The highest BCUT2D eigenvalue weighted by atomic mass is 16.5. The maximum Gasteiger partial charge on any atom is 0.184 e. The van der Waals surface area contributed by atoms with Gasteiger partial charge in [0, 0.05) is 5.56 Å². The largest absolute Gasteiger partial charge is 0.493 e. The van der Waals surface area contributed by atoms with Gasteiger partial charge in [0.15, 0.2) is 17.1 Å². The average molecular weight is 346 g/mol. The number of benzene rings is 2. The summed E-state index contributed by atoms with van der Waals surface area (Å²) >= 11 is 0. The molecule has 0 unspecified atom stereocenters. The van der Waals surface area contributed by atoms with Crippen LogP contribution in [0.3, 0.4) is 0 Å². The van der Waals surface area contributed by atoms with E-state index in [-0.39, 0.29) is 0 Å². The Morgan fingerprint density at radius 2 is 1.65 bits per heavy atom. The molecule has 26 heavy (non-hydrogen) atoms. The van der Waals surface area contributed by atoms with Gasteiger partial charge in [-0.1, -0.05) is 36.4 Å². The minimum Gasteiger partial charge on any atom is -0.493 e. The van der Waals surface area contributed by atoms with E-state index >= 15 is 0 Å². The summed E-state index contributed by atoms with van der Waals surface area (Å²) < 4.78 is 10.8. The van der Waals surface area contributed by atoms with Crippen LogP contribution < -0.4 is 15.2 Å². The van der Waals surface area contributed by atoms with E-state index in [0.717, 1.165) is 27.8 Å². The normalized spacial score (nSPS) is 10.8. The number of hydrogen-bond acceptors (Lipinski definition) is 5. The fourth-order valence-corrected chi connectivity index (χ4v) is 3.04. The van der Waals surface area contributed by atoms with Crippen molar-refractivity contribution in [3.8, 4) is 33.9 Å². The number of nitrogens with one attached hydrogen (secondary N) is 1. The Bertz CT molecular complexity index is 1070. The minimum atomic E-state index is 0.483. The van der Waals surface area contributed by atoms with Crippen LogP contribution in [0.2, 0.25) is 0 Å². The van der Waals surface area contributed by atoms with Crippen molar-refractivity contribution in [2.24, 2.45) is 0 Å². The quantitative estimate of drug-likeness (QED) is 0.585. The number of aromatic amines is 1. The van der Waals surface area contributed by atoms with Gasteiger partial charge in [0.1, 0.15) is 5.82 Å². The first kappa shape index (κ1) is 16.0. The summed E-state index contributed by atoms with van der Waals surface area (Å²) in [6.45, 7) is 0. The molecule has 0 radical (unpaired) electrons. The van der Waals surface area contributed by atoms with Crippen molar-refractivity contribution < 1.29 is 9.47 Å². The summed E-state index contributed by atoms with van der Waals surface area (Å²) in [5.41, 5.74) is 10.4. The SMILES string of the molecule is COc1ccc(-c2cc(-c3ccccc3)nc3n[nH]c(N)c23)cc1OC. The summed E-state index contributed by atoms with van der Waals surface area (Å²) in [5, 5.41) is 7.86. The van der Waals surface area contributed by atoms with Crippen LogP contribution in [-0.4, -0.2) is 29.4 Å². The Hall–Kier alpha value is -3.54. The van der Waals surface area contributed by atoms with E-state index in [1.807, 2.05) is 54.6 Å². The molecule has 130 valence electrons. The lowest BCUT2D eigenvalue weighted by Crippen LogP contribution is -1.93. The number of rotatable bonds is 4. The van der Waals surface area contributed by atoms with Crippen LogP contribution in [0, 0.1) is 0 Å². The highest BCUT2D eigenvalue weighted by molar-refractivity contribution is 6.01. The number of pyridine rings is 1. The van der Waals surface area contributed by atoms with Crippen molar-refractivity contribution in [2.45, 2.75) is 0 Å². The summed E-state index contributed by atoms with van der Waals surface area (Å²) in [4.78, 5) is 4.65. The monoisotopic (exact) mass is 346 g/mol. The van der Waals surface area contributed by atoms with Crippen LogP contribution >= 0.6 is 0 Å². The first-order valence-corrected chi connectivity index (χ1v) is 8.13. The fourth-order valence-electron chi connectivity index (χ4n) is 3.04. The lowest BCUT2D eigenvalue weighted by atomic mass is 9.99.